The van der Waals surface area contributed by atoms with Gasteiger partial charge in [0.25, 0.3) is 0 Å². The molecule has 2 aromatic heterocycles. The maximum absolute atomic E-state index is 13.4. The van der Waals surface area contributed by atoms with E-state index in [1.807, 2.05) is 55.5 Å². The molecule has 0 fully saturated rings. The highest BCUT2D eigenvalue weighted by Gasteiger charge is 2.38. The van der Waals surface area contributed by atoms with Gasteiger partial charge in [-0.25, -0.2) is 4.79 Å². The summed E-state index contributed by atoms with van der Waals surface area (Å²) in [4.78, 5) is 13.4. The highest BCUT2D eigenvalue weighted by Crippen LogP contribution is 2.41. The zero-order chi connectivity index (χ0) is 25.8. The van der Waals surface area contributed by atoms with Crippen LogP contribution in [0.3, 0.4) is 0 Å². The molecule has 13 heteroatoms. The first-order valence-electron chi connectivity index (χ1n) is 11.5. The second kappa shape index (κ2) is 11.4. The van der Waals surface area contributed by atoms with Gasteiger partial charge < -0.3 is 14.8 Å². The molecular weight excluding hydrogens is 578 g/mol. The monoisotopic (exact) mass is 599 g/mol. The minimum atomic E-state index is -0.658. The molecule has 0 saturated carbocycles. The quantitative estimate of drug-likeness (QED) is 0.208. The predicted octanol–water partition coefficient (Wildman–Crippen LogP) is 4.98. The molecule has 1 N–H and O–H groups in total. The molecule has 4 aromatic rings. The minimum absolute atomic E-state index is 0.228. The van der Waals surface area contributed by atoms with Crippen molar-refractivity contribution in [1.29, 1.82) is 0 Å². The van der Waals surface area contributed by atoms with Crippen LogP contribution >= 0.6 is 39.0 Å². The molecule has 1 unspecified atom stereocenters. The standard InChI is InChI=1S/C24H22BrN7O3S2/c1-3-34-18-11-10-15(25)12-16(18)20-19(22(33)35-4-2)17(26-23-28-30-31-32(20)23)13-36-24-29-27-21(37-24)14-8-6-5-7-9-14/h5-12,20H,3-4,13H2,1-2H3,(H,26,28,31). The molecule has 37 heavy (non-hydrogen) atoms. The van der Waals surface area contributed by atoms with E-state index in [2.05, 4.69) is 47.0 Å². The second-order valence-corrected chi connectivity index (χ2v) is 10.8. The number of fused-ring (bicyclic) bond motifs is 1. The number of tetrazole rings is 1. The third kappa shape index (κ3) is 5.38. The van der Waals surface area contributed by atoms with Crippen LogP contribution in [-0.4, -0.2) is 55.3 Å². The molecule has 1 aliphatic rings. The summed E-state index contributed by atoms with van der Waals surface area (Å²) in [6, 6.07) is 14.9. The molecule has 3 heterocycles. The Bertz CT molecular complexity index is 1440. The number of anilines is 1. The fraction of sp³-hybridized carbons (Fsp3) is 0.250. The SMILES string of the molecule is CCOC(=O)C1=C(CSc2nnc(-c3ccccc3)s2)Nc2nnnn2C1c1cc(Br)ccc1OCC. The maximum Gasteiger partial charge on any atom is 0.338 e. The predicted molar refractivity (Wildman–Crippen MR) is 145 cm³/mol. The largest absolute Gasteiger partial charge is 0.494 e. The van der Waals surface area contributed by atoms with Gasteiger partial charge in [0.05, 0.1) is 18.8 Å². The summed E-state index contributed by atoms with van der Waals surface area (Å²) in [7, 11) is 0. The van der Waals surface area contributed by atoms with Crippen LogP contribution in [0.15, 0.2) is 68.6 Å². The van der Waals surface area contributed by atoms with Crippen molar-refractivity contribution in [1.82, 2.24) is 30.4 Å². The number of hydrogen-bond donors (Lipinski definition) is 1. The first-order chi connectivity index (χ1) is 18.1. The van der Waals surface area contributed by atoms with Gasteiger partial charge in [0.15, 0.2) is 4.34 Å². The first kappa shape index (κ1) is 25.4. The lowest BCUT2D eigenvalue weighted by Crippen LogP contribution is -2.31. The van der Waals surface area contributed by atoms with Gasteiger partial charge in [-0.3, -0.25) is 0 Å². The molecule has 0 amide bonds. The van der Waals surface area contributed by atoms with Crippen molar-refractivity contribution < 1.29 is 14.3 Å². The summed E-state index contributed by atoms with van der Waals surface area (Å²) < 4.78 is 14.6. The number of esters is 1. The molecule has 1 atom stereocenters. The van der Waals surface area contributed by atoms with Gasteiger partial charge >= 0.3 is 5.97 Å². The molecule has 0 spiro atoms. The zero-order valence-electron chi connectivity index (χ0n) is 19.9. The number of rotatable bonds is 9. The summed E-state index contributed by atoms with van der Waals surface area (Å²) in [5.74, 6) is 0.989. The van der Waals surface area contributed by atoms with E-state index in [0.717, 1.165) is 24.9 Å². The number of aromatic nitrogens is 6. The van der Waals surface area contributed by atoms with Crippen LogP contribution in [0.2, 0.25) is 0 Å². The Morgan fingerprint density at radius 1 is 1.14 bits per heavy atom. The molecule has 5 rings (SSSR count). The molecule has 0 aliphatic carbocycles. The Hall–Kier alpha value is -3.29. The van der Waals surface area contributed by atoms with Crippen LogP contribution in [0, 0.1) is 0 Å². The topological polar surface area (TPSA) is 117 Å². The number of carbonyl (C=O) groups is 1. The highest BCUT2D eigenvalue weighted by molar-refractivity contribution is 9.10. The average Bonchev–Trinajstić information content (AvgIpc) is 3.58. The number of thioether (sulfide) groups is 1. The van der Waals surface area contributed by atoms with Gasteiger partial charge in [0.2, 0.25) is 5.95 Å². The van der Waals surface area contributed by atoms with Crippen molar-refractivity contribution in [2.24, 2.45) is 0 Å². The van der Waals surface area contributed by atoms with E-state index < -0.39 is 12.0 Å². The number of ether oxygens (including phenoxy) is 2. The van der Waals surface area contributed by atoms with Gasteiger partial charge in [-0.2, -0.15) is 4.68 Å². The molecular formula is C24H22BrN7O3S2. The average molecular weight is 601 g/mol. The Balaban J connectivity index is 1.54. The second-order valence-electron chi connectivity index (χ2n) is 7.73. The lowest BCUT2D eigenvalue weighted by Gasteiger charge is -2.29. The van der Waals surface area contributed by atoms with E-state index in [-0.39, 0.29) is 6.61 Å². The van der Waals surface area contributed by atoms with Gasteiger partial charge in [0.1, 0.15) is 16.8 Å². The fourth-order valence-electron chi connectivity index (χ4n) is 3.90. The Morgan fingerprint density at radius 3 is 2.76 bits per heavy atom. The molecule has 0 bridgehead atoms. The molecule has 10 nitrogen and oxygen atoms in total. The van der Waals surface area contributed by atoms with Gasteiger partial charge in [-0.1, -0.05) is 74.5 Å². The van der Waals surface area contributed by atoms with Crippen molar-refractivity contribution in [3.8, 4) is 16.3 Å². The summed E-state index contributed by atoms with van der Waals surface area (Å²) >= 11 is 6.51. The fourth-order valence-corrected chi connectivity index (χ4v) is 6.11. The van der Waals surface area contributed by atoms with Crippen LogP contribution in [-0.2, 0) is 9.53 Å². The van der Waals surface area contributed by atoms with Crippen molar-refractivity contribution in [2.45, 2.75) is 24.2 Å². The number of nitrogens with one attached hydrogen (secondary N) is 1. The van der Waals surface area contributed by atoms with Crippen LogP contribution in [0.4, 0.5) is 5.95 Å². The summed E-state index contributed by atoms with van der Waals surface area (Å²) in [6.45, 7) is 4.37. The van der Waals surface area contributed by atoms with Crippen LogP contribution < -0.4 is 10.1 Å². The molecule has 2 aromatic carbocycles. The number of carbonyl (C=O) groups excluding carboxylic acids is 1. The van der Waals surface area contributed by atoms with E-state index >= 15 is 0 Å². The molecule has 190 valence electrons. The van der Waals surface area contributed by atoms with Gasteiger partial charge in [-0.15, -0.1) is 10.2 Å². The van der Waals surface area contributed by atoms with E-state index in [9.17, 15) is 4.79 Å². The Kier molecular flexibility index (Phi) is 7.82. The van der Waals surface area contributed by atoms with E-state index in [0.29, 0.717) is 35.3 Å². The summed E-state index contributed by atoms with van der Waals surface area (Å²) in [5.41, 5.74) is 2.78. The van der Waals surface area contributed by atoms with Crippen molar-refractivity contribution in [3.63, 3.8) is 0 Å². The molecule has 0 saturated heterocycles. The summed E-state index contributed by atoms with van der Waals surface area (Å²) in [6.07, 6.45) is 0. The van der Waals surface area contributed by atoms with Crippen molar-refractivity contribution in [2.75, 3.05) is 24.3 Å². The zero-order valence-corrected chi connectivity index (χ0v) is 23.1. The minimum Gasteiger partial charge on any atom is -0.494 e. The van der Waals surface area contributed by atoms with E-state index in [1.54, 1.807) is 11.6 Å². The smallest absolute Gasteiger partial charge is 0.338 e. The lowest BCUT2D eigenvalue weighted by molar-refractivity contribution is -0.139. The van der Waals surface area contributed by atoms with Crippen molar-refractivity contribution >= 4 is 50.9 Å². The van der Waals surface area contributed by atoms with Gasteiger partial charge in [-0.05, 0) is 42.5 Å². The molecule has 0 radical (unpaired) electrons. The normalized spacial score (nSPS) is 14.7. The van der Waals surface area contributed by atoms with E-state index in [4.69, 9.17) is 9.47 Å². The first-order valence-corrected chi connectivity index (χ1v) is 14.1. The maximum atomic E-state index is 13.4. The third-order valence-corrected chi connectivity index (χ3v) is 8.05. The van der Waals surface area contributed by atoms with Crippen LogP contribution in [0.1, 0.15) is 25.5 Å². The number of halogens is 1. The van der Waals surface area contributed by atoms with Crippen LogP contribution in [0.25, 0.3) is 10.6 Å². The van der Waals surface area contributed by atoms with E-state index in [1.165, 1.54) is 23.1 Å². The van der Waals surface area contributed by atoms with Gasteiger partial charge in [0, 0.05) is 27.0 Å². The molecule has 1 aliphatic heterocycles. The Morgan fingerprint density at radius 2 is 1.97 bits per heavy atom. The highest BCUT2D eigenvalue weighted by atomic mass is 79.9. The number of benzene rings is 2. The summed E-state index contributed by atoms with van der Waals surface area (Å²) in [5, 5.41) is 24.9. The third-order valence-electron chi connectivity index (χ3n) is 5.43. The Labute approximate surface area is 229 Å². The number of nitrogens with zero attached hydrogens (tertiary/aromatic N) is 6. The number of hydrogen-bond acceptors (Lipinski definition) is 11. The van der Waals surface area contributed by atoms with Crippen molar-refractivity contribution in [3.05, 3.63) is 69.8 Å². The lowest BCUT2D eigenvalue weighted by atomic mass is 9.95. The van der Waals surface area contributed by atoms with Crippen LogP contribution in [0.5, 0.6) is 5.75 Å².